The van der Waals surface area contributed by atoms with Crippen LogP contribution in [0.3, 0.4) is 0 Å². The largest absolute Gasteiger partial charge is 0.444 e. The van der Waals surface area contributed by atoms with Crippen LogP contribution in [0.25, 0.3) is 0 Å². The van der Waals surface area contributed by atoms with Crippen molar-refractivity contribution < 1.29 is 9.53 Å². The molecule has 1 amide bonds. The van der Waals surface area contributed by atoms with Crippen molar-refractivity contribution in [3.8, 4) is 11.8 Å². The lowest BCUT2D eigenvalue weighted by Crippen LogP contribution is -2.27. The van der Waals surface area contributed by atoms with Crippen LogP contribution in [-0.2, 0) is 4.74 Å². The molecule has 0 aliphatic heterocycles. The molecule has 0 radical (unpaired) electrons. The zero-order valence-corrected chi connectivity index (χ0v) is 10.4. The summed E-state index contributed by atoms with van der Waals surface area (Å²) in [6, 6.07) is 0. The van der Waals surface area contributed by atoms with Crippen LogP contribution < -0.4 is 5.32 Å². The van der Waals surface area contributed by atoms with E-state index in [4.69, 9.17) is 4.74 Å². The number of hydrogen-bond donors (Lipinski definition) is 1. The van der Waals surface area contributed by atoms with Gasteiger partial charge in [-0.1, -0.05) is 5.92 Å². The Hall–Kier alpha value is -2.09. The van der Waals surface area contributed by atoms with Crippen molar-refractivity contribution in [2.45, 2.75) is 33.3 Å². The molecule has 90 valence electrons. The zero-order chi connectivity index (χ0) is 12.9. The summed E-state index contributed by atoms with van der Waals surface area (Å²) in [7, 11) is 0. The Kier molecular flexibility index (Phi) is 4.05. The first-order valence-electron chi connectivity index (χ1n) is 5.15. The zero-order valence-electron chi connectivity index (χ0n) is 10.4. The Morgan fingerprint density at radius 3 is 2.41 bits per heavy atom. The Balaban J connectivity index is 2.62. The van der Waals surface area contributed by atoms with E-state index < -0.39 is 11.7 Å². The molecule has 0 bridgehead atoms. The van der Waals surface area contributed by atoms with Gasteiger partial charge in [0.1, 0.15) is 5.60 Å². The normalized spacial score (nSPS) is 10.1. The summed E-state index contributed by atoms with van der Waals surface area (Å²) >= 11 is 0. The lowest BCUT2D eigenvalue weighted by molar-refractivity contribution is 0.0634. The number of nitrogens with zero attached hydrogens (tertiary/aromatic N) is 2. The number of hydrogen-bond acceptors (Lipinski definition) is 4. The van der Waals surface area contributed by atoms with Crippen molar-refractivity contribution in [3.05, 3.63) is 18.0 Å². The fourth-order valence-corrected chi connectivity index (χ4v) is 0.996. The van der Waals surface area contributed by atoms with E-state index in [1.807, 2.05) is 0 Å². The summed E-state index contributed by atoms with van der Waals surface area (Å²) in [5.74, 6) is 5.74. The number of nitrogens with one attached hydrogen (secondary N) is 1. The molecular formula is C12H15N3O2. The van der Waals surface area contributed by atoms with E-state index in [0.717, 1.165) is 0 Å². The highest BCUT2D eigenvalue weighted by Gasteiger charge is 2.16. The maximum Gasteiger partial charge on any atom is 0.414 e. The summed E-state index contributed by atoms with van der Waals surface area (Å²) < 4.78 is 5.06. The van der Waals surface area contributed by atoms with Gasteiger partial charge in [-0.3, -0.25) is 5.32 Å². The van der Waals surface area contributed by atoms with Gasteiger partial charge in [0.05, 0.1) is 5.56 Å². The molecule has 5 nitrogen and oxygen atoms in total. The third kappa shape index (κ3) is 4.98. The average molecular weight is 233 g/mol. The molecule has 0 fully saturated rings. The summed E-state index contributed by atoms with van der Waals surface area (Å²) in [6.07, 6.45) is 2.50. The third-order valence-electron chi connectivity index (χ3n) is 1.53. The molecular weight excluding hydrogens is 218 g/mol. The number of amides is 1. The van der Waals surface area contributed by atoms with Crippen molar-refractivity contribution in [3.63, 3.8) is 0 Å². The van der Waals surface area contributed by atoms with Crippen LogP contribution in [0.15, 0.2) is 12.4 Å². The molecule has 0 saturated heterocycles. The molecule has 1 aromatic rings. The minimum Gasteiger partial charge on any atom is -0.444 e. The third-order valence-corrected chi connectivity index (χ3v) is 1.53. The van der Waals surface area contributed by atoms with Gasteiger partial charge in [0, 0.05) is 12.4 Å². The molecule has 1 aromatic heterocycles. The molecule has 17 heavy (non-hydrogen) atoms. The second-order valence-corrected chi connectivity index (χ2v) is 4.30. The van der Waals surface area contributed by atoms with Crippen molar-refractivity contribution >= 4 is 12.0 Å². The van der Waals surface area contributed by atoms with Crippen molar-refractivity contribution in [1.82, 2.24) is 9.97 Å². The Bertz CT molecular complexity index is 449. The van der Waals surface area contributed by atoms with E-state index in [1.54, 1.807) is 27.7 Å². The van der Waals surface area contributed by atoms with Gasteiger partial charge in [0.25, 0.3) is 0 Å². The monoisotopic (exact) mass is 233 g/mol. The van der Waals surface area contributed by atoms with Crippen LogP contribution in [-0.4, -0.2) is 21.7 Å². The highest BCUT2D eigenvalue weighted by molar-refractivity contribution is 5.82. The number of carbonyl (C=O) groups excluding carboxylic acids is 1. The lowest BCUT2D eigenvalue weighted by Gasteiger charge is -2.19. The second-order valence-electron chi connectivity index (χ2n) is 4.30. The van der Waals surface area contributed by atoms with Crippen LogP contribution in [0.2, 0.25) is 0 Å². The van der Waals surface area contributed by atoms with Gasteiger partial charge in [-0.25, -0.2) is 14.8 Å². The van der Waals surface area contributed by atoms with Crippen LogP contribution in [0.4, 0.5) is 10.7 Å². The first kappa shape index (κ1) is 13.0. The van der Waals surface area contributed by atoms with Crippen LogP contribution >= 0.6 is 0 Å². The van der Waals surface area contributed by atoms with Crippen molar-refractivity contribution in [1.29, 1.82) is 0 Å². The molecule has 1 N–H and O–H groups in total. The molecule has 0 aromatic carbocycles. The molecule has 0 aliphatic rings. The highest BCUT2D eigenvalue weighted by Crippen LogP contribution is 2.08. The summed E-state index contributed by atoms with van der Waals surface area (Å²) in [5, 5.41) is 2.44. The van der Waals surface area contributed by atoms with Gasteiger partial charge in [-0.15, -0.1) is 5.92 Å². The van der Waals surface area contributed by atoms with E-state index in [1.165, 1.54) is 12.4 Å². The van der Waals surface area contributed by atoms with Gasteiger partial charge in [-0.2, -0.15) is 0 Å². The smallest absolute Gasteiger partial charge is 0.414 e. The minimum absolute atomic E-state index is 0.195. The van der Waals surface area contributed by atoms with Crippen LogP contribution in [0.5, 0.6) is 0 Å². The van der Waals surface area contributed by atoms with Gasteiger partial charge in [0.2, 0.25) is 5.95 Å². The van der Waals surface area contributed by atoms with Gasteiger partial charge in [-0.05, 0) is 27.7 Å². The SMILES string of the molecule is CC#Cc1cnc(NC(=O)OC(C)(C)C)nc1. The van der Waals surface area contributed by atoms with E-state index in [0.29, 0.717) is 5.56 Å². The predicted octanol–water partition coefficient (Wildman–Crippen LogP) is 2.20. The van der Waals surface area contributed by atoms with Crippen molar-refractivity contribution in [2.24, 2.45) is 0 Å². The summed E-state index contributed by atoms with van der Waals surface area (Å²) in [5.41, 5.74) is 0.153. The Morgan fingerprint density at radius 1 is 1.35 bits per heavy atom. The maximum atomic E-state index is 11.4. The molecule has 1 heterocycles. The maximum absolute atomic E-state index is 11.4. The number of carbonyl (C=O) groups is 1. The first-order chi connectivity index (χ1) is 7.90. The molecule has 5 heteroatoms. The molecule has 1 rings (SSSR count). The second kappa shape index (κ2) is 5.30. The lowest BCUT2D eigenvalue weighted by atomic mass is 10.2. The van der Waals surface area contributed by atoms with E-state index in [-0.39, 0.29) is 5.95 Å². The molecule has 0 spiro atoms. The average Bonchev–Trinajstić information content (AvgIpc) is 2.18. The number of ether oxygens (including phenoxy) is 1. The topological polar surface area (TPSA) is 64.1 Å². The number of rotatable bonds is 1. The highest BCUT2D eigenvalue weighted by atomic mass is 16.6. The van der Waals surface area contributed by atoms with Gasteiger partial charge < -0.3 is 4.74 Å². The summed E-state index contributed by atoms with van der Waals surface area (Å²) in [4.78, 5) is 19.3. The summed E-state index contributed by atoms with van der Waals surface area (Å²) in [6.45, 7) is 7.08. The molecule has 0 saturated carbocycles. The van der Waals surface area contributed by atoms with E-state index >= 15 is 0 Å². The molecule has 0 atom stereocenters. The Labute approximate surface area is 101 Å². The fraction of sp³-hybridized carbons (Fsp3) is 0.417. The first-order valence-corrected chi connectivity index (χ1v) is 5.15. The van der Waals surface area contributed by atoms with Crippen LogP contribution in [0.1, 0.15) is 33.3 Å². The predicted molar refractivity (Wildman–Crippen MR) is 64.4 cm³/mol. The molecule has 0 aliphatic carbocycles. The van der Waals surface area contributed by atoms with Gasteiger partial charge in [0.15, 0.2) is 0 Å². The van der Waals surface area contributed by atoms with Gasteiger partial charge >= 0.3 is 6.09 Å². The quantitative estimate of drug-likeness (QED) is 0.755. The van der Waals surface area contributed by atoms with Crippen LogP contribution in [0, 0.1) is 11.8 Å². The van der Waals surface area contributed by atoms with E-state index in [2.05, 4.69) is 27.1 Å². The number of aromatic nitrogens is 2. The van der Waals surface area contributed by atoms with E-state index in [9.17, 15) is 4.79 Å². The van der Waals surface area contributed by atoms with Crippen molar-refractivity contribution in [2.75, 3.05) is 5.32 Å². The Morgan fingerprint density at radius 2 is 1.94 bits per heavy atom. The number of anilines is 1. The minimum atomic E-state index is -0.577. The molecule has 0 unspecified atom stereocenters. The fourth-order valence-electron chi connectivity index (χ4n) is 0.996. The standard InChI is InChI=1S/C12H15N3O2/c1-5-6-9-7-13-10(14-8-9)15-11(16)17-12(2,3)4/h7-8H,1-4H3,(H,13,14,15,16).